The molecule has 2 aliphatic heterocycles. The maximum absolute atomic E-state index is 12.4. The van der Waals surface area contributed by atoms with Crippen molar-refractivity contribution in [1.29, 1.82) is 5.41 Å². The van der Waals surface area contributed by atoms with Crippen LogP contribution in [0.1, 0.15) is 38.5 Å². The summed E-state index contributed by atoms with van der Waals surface area (Å²) >= 11 is 0. The first kappa shape index (κ1) is 12.5. The standard InChI is InChI=1S/C14H22N4O/c1-16-9-10-8-14(6-7-17-13(14)19)18(12(10)15)11-4-2-3-5-11/h9,11,15-16H,2-8H2,1H3,(H,17,19)/b10-9-,15-12?. The number of rotatable bonds is 2. The molecule has 2 saturated heterocycles. The lowest BCUT2D eigenvalue weighted by molar-refractivity contribution is -0.128. The van der Waals surface area contributed by atoms with Crippen molar-refractivity contribution in [3.05, 3.63) is 11.8 Å². The first-order chi connectivity index (χ1) is 9.19. The van der Waals surface area contributed by atoms with Crippen molar-refractivity contribution < 1.29 is 4.79 Å². The second-order valence-corrected chi connectivity index (χ2v) is 5.83. The van der Waals surface area contributed by atoms with Crippen LogP contribution in [0.15, 0.2) is 11.8 Å². The molecule has 1 saturated carbocycles. The van der Waals surface area contributed by atoms with E-state index in [0.717, 1.165) is 31.4 Å². The lowest BCUT2D eigenvalue weighted by atomic mass is 9.91. The van der Waals surface area contributed by atoms with Gasteiger partial charge in [-0.1, -0.05) is 12.8 Å². The van der Waals surface area contributed by atoms with E-state index in [-0.39, 0.29) is 5.91 Å². The van der Waals surface area contributed by atoms with Crippen molar-refractivity contribution in [2.24, 2.45) is 0 Å². The van der Waals surface area contributed by atoms with Crippen LogP contribution < -0.4 is 10.6 Å². The van der Waals surface area contributed by atoms with E-state index in [2.05, 4.69) is 15.5 Å². The van der Waals surface area contributed by atoms with Crippen LogP contribution in [0, 0.1) is 5.41 Å². The van der Waals surface area contributed by atoms with Gasteiger partial charge in [-0.05, 0) is 19.3 Å². The van der Waals surface area contributed by atoms with Crippen molar-refractivity contribution in [3.63, 3.8) is 0 Å². The first-order valence-electron chi connectivity index (χ1n) is 7.22. The summed E-state index contributed by atoms with van der Waals surface area (Å²) in [4.78, 5) is 14.5. The van der Waals surface area contributed by atoms with E-state index in [9.17, 15) is 4.79 Å². The van der Waals surface area contributed by atoms with Crippen molar-refractivity contribution >= 4 is 11.7 Å². The van der Waals surface area contributed by atoms with Gasteiger partial charge in [0.1, 0.15) is 11.4 Å². The Bertz CT molecular complexity index is 439. The zero-order valence-corrected chi connectivity index (χ0v) is 11.5. The molecule has 1 aliphatic carbocycles. The topological polar surface area (TPSA) is 68.2 Å². The zero-order chi connectivity index (χ0) is 13.5. The summed E-state index contributed by atoms with van der Waals surface area (Å²) in [5.74, 6) is 0.668. The van der Waals surface area contributed by atoms with Crippen LogP contribution in [0.5, 0.6) is 0 Å². The van der Waals surface area contributed by atoms with E-state index in [1.807, 2.05) is 13.2 Å². The predicted octanol–water partition coefficient (Wildman–Crippen LogP) is 0.974. The summed E-state index contributed by atoms with van der Waals surface area (Å²) in [5.41, 5.74) is 0.487. The van der Waals surface area contributed by atoms with E-state index in [1.165, 1.54) is 12.8 Å². The molecule has 3 rings (SSSR count). The number of hydrogen-bond acceptors (Lipinski definition) is 3. The number of amidine groups is 1. The van der Waals surface area contributed by atoms with Crippen LogP contribution in [-0.2, 0) is 4.79 Å². The Morgan fingerprint density at radius 3 is 2.79 bits per heavy atom. The number of nitrogens with zero attached hydrogens (tertiary/aromatic N) is 1. The third kappa shape index (κ3) is 1.75. The van der Waals surface area contributed by atoms with Crippen LogP contribution in [0.4, 0.5) is 0 Å². The van der Waals surface area contributed by atoms with Crippen LogP contribution in [0.25, 0.3) is 0 Å². The average Bonchev–Trinajstić information content (AvgIpc) is 3.06. The Labute approximate surface area is 113 Å². The fourth-order valence-corrected chi connectivity index (χ4v) is 3.90. The highest BCUT2D eigenvalue weighted by atomic mass is 16.2. The van der Waals surface area contributed by atoms with Gasteiger partial charge in [-0.3, -0.25) is 10.2 Å². The van der Waals surface area contributed by atoms with Gasteiger partial charge >= 0.3 is 0 Å². The molecule has 3 aliphatic rings. The fourth-order valence-electron chi connectivity index (χ4n) is 3.90. The van der Waals surface area contributed by atoms with Crippen LogP contribution in [0.2, 0.25) is 0 Å². The first-order valence-corrected chi connectivity index (χ1v) is 7.22. The van der Waals surface area contributed by atoms with Gasteiger partial charge in [0.25, 0.3) is 0 Å². The molecule has 1 unspecified atom stereocenters. The Hall–Kier alpha value is -1.52. The van der Waals surface area contributed by atoms with Gasteiger partial charge in [-0.25, -0.2) is 0 Å². The van der Waals surface area contributed by atoms with Gasteiger partial charge in [0.2, 0.25) is 5.91 Å². The maximum atomic E-state index is 12.4. The molecule has 0 bridgehead atoms. The minimum absolute atomic E-state index is 0.114. The molecule has 0 aromatic carbocycles. The number of amides is 1. The van der Waals surface area contributed by atoms with Gasteiger partial charge in [0.15, 0.2) is 0 Å². The molecule has 1 atom stereocenters. The monoisotopic (exact) mass is 262 g/mol. The number of likely N-dealkylation sites (tertiary alicyclic amines) is 1. The van der Waals surface area contributed by atoms with Crippen molar-refractivity contribution in [3.8, 4) is 0 Å². The van der Waals surface area contributed by atoms with Crippen LogP contribution >= 0.6 is 0 Å². The quantitative estimate of drug-likeness (QED) is 0.695. The highest BCUT2D eigenvalue weighted by Crippen LogP contribution is 2.43. The van der Waals surface area contributed by atoms with Gasteiger partial charge in [0, 0.05) is 37.8 Å². The molecule has 0 radical (unpaired) electrons. The van der Waals surface area contributed by atoms with Gasteiger partial charge in [0.05, 0.1) is 0 Å². The molecule has 1 spiro atoms. The number of carbonyl (C=O) groups excluding carboxylic acids is 1. The zero-order valence-electron chi connectivity index (χ0n) is 11.5. The highest BCUT2D eigenvalue weighted by molar-refractivity contribution is 6.06. The summed E-state index contributed by atoms with van der Waals surface area (Å²) in [6, 6.07) is 0.374. The number of carbonyl (C=O) groups is 1. The fraction of sp³-hybridized carbons (Fsp3) is 0.714. The average molecular weight is 262 g/mol. The van der Waals surface area contributed by atoms with Gasteiger partial charge in [-0.15, -0.1) is 0 Å². The minimum atomic E-state index is -0.477. The molecule has 0 aromatic rings. The molecule has 19 heavy (non-hydrogen) atoms. The largest absolute Gasteiger partial charge is 0.394 e. The molecule has 3 fully saturated rings. The van der Waals surface area contributed by atoms with E-state index >= 15 is 0 Å². The normalized spacial score (nSPS) is 33.7. The molecule has 5 nitrogen and oxygen atoms in total. The summed E-state index contributed by atoms with van der Waals surface area (Å²) in [7, 11) is 1.85. The molecular formula is C14H22N4O. The third-order valence-electron chi connectivity index (χ3n) is 4.74. The molecule has 1 amide bonds. The van der Waals surface area contributed by atoms with E-state index < -0.39 is 5.54 Å². The van der Waals surface area contributed by atoms with E-state index in [0.29, 0.717) is 18.3 Å². The predicted molar refractivity (Wildman–Crippen MR) is 73.9 cm³/mol. The minimum Gasteiger partial charge on any atom is -0.394 e. The Balaban J connectivity index is 1.98. The highest BCUT2D eigenvalue weighted by Gasteiger charge is 2.56. The van der Waals surface area contributed by atoms with E-state index in [4.69, 9.17) is 5.41 Å². The number of nitrogens with one attached hydrogen (secondary N) is 3. The number of hydrogen-bond donors (Lipinski definition) is 3. The van der Waals surface area contributed by atoms with Crippen molar-refractivity contribution in [2.75, 3.05) is 13.6 Å². The lowest BCUT2D eigenvalue weighted by Gasteiger charge is -2.38. The summed E-state index contributed by atoms with van der Waals surface area (Å²) < 4.78 is 0. The summed E-state index contributed by atoms with van der Waals surface area (Å²) in [5, 5.41) is 14.4. The lowest BCUT2D eigenvalue weighted by Crippen LogP contribution is -2.54. The Morgan fingerprint density at radius 2 is 2.21 bits per heavy atom. The van der Waals surface area contributed by atoms with Crippen molar-refractivity contribution in [1.82, 2.24) is 15.5 Å². The van der Waals surface area contributed by atoms with E-state index in [1.54, 1.807) is 0 Å². The Kier molecular flexibility index (Phi) is 2.99. The van der Waals surface area contributed by atoms with Gasteiger partial charge < -0.3 is 15.5 Å². The SMILES string of the molecule is CN/C=C1/CC2(CCNC2=O)N(C2CCCC2)C1=N. The Morgan fingerprint density at radius 1 is 1.47 bits per heavy atom. The summed E-state index contributed by atoms with van der Waals surface area (Å²) in [6.45, 7) is 0.738. The van der Waals surface area contributed by atoms with Crippen LogP contribution in [0.3, 0.4) is 0 Å². The maximum Gasteiger partial charge on any atom is 0.246 e. The summed E-state index contributed by atoms with van der Waals surface area (Å²) in [6.07, 6.45) is 8.05. The third-order valence-corrected chi connectivity index (χ3v) is 4.74. The molecule has 3 N–H and O–H groups in total. The molecule has 104 valence electrons. The molecule has 0 aromatic heterocycles. The van der Waals surface area contributed by atoms with Crippen molar-refractivity contribution in [2.45, 2.75) is 50.1 Å². The molecule has 2 heterocycles. The second kappa shape index (κ2) is 4.54. The molecular weight excluding hydrogens is 240 g/mol. The van der Waals surface area contributed by atoms with Gasteiger partial charge in [-0.2, -0.15) is 0 Å². The second-order valence-electron chi connectivity index (χ2n) is 5.83. The molecule has 5 heteroatoms. The van der Waals surface area contributed by atoms with Crippen LogP contribution in [-0.4, -0.2) is 41.8 Å². The smallest absolute Gasteiger partial charge is 0.246 e.